The van der Waals surface area contributed by atoms with Gasteiger partial charge in [-0.2, -0.15) is 52.7 Å². The first-order valence-electron chi connectivity index (χ1n) is 24.2. The predicted molar refractivity (Wildman–Crippen MR) is 262 cm³/mol. The maximum absolute atomic E-state index is 13.7. The summed E-state index contributed by atoms with van der Waals surface area (Å²) < 4.78 is 189. The molecule has 4 aliphatic heterocycles. The van der Waals surface area contributed by atoms with Gasteiger partial charge in [-0.15, -0.1) is 0 Å². The summed E-state index contributed by atoms with van der Waals surface area (Å²) in [6, 6.07) is 28.4. The zero-order valence-electron chi connectivity index (χ0n) is 42.6. The Labute approximate surface area is 470 Å². The van der Waals surface area contributed by atoms with Crippen LogP contribution >= 0.6 is 0 Å². The van der Waals surface area contributed by atoms with Gasteiger partial charge < -0.3 is 50.6 Å². The van der Waals surface area contributed by atoms with Crippen molar-refractivity contribution < 1.29 is 124 Å². The second kappa shape index (κ2) is 25.8. The molecule has 0 saturated carbocycles. The molecule has 4 aliphatic rings. The third kappa shape index (κ3) is 15.4. The molecule has 81 heavy (non-hydrogen) atoms. The average Bonchev–Trinajstić information content (AvgIpc) is 3.96. The van der Waals surface area contributed by atoms with Crippen LogP contribution < -0.4 is 16.0 Å². The number of amides is 3. The molecular weight excluding hydrogens is 1200 g/mol. The van der Waals surface area contributed by atoms with E-state index in [2.05, 4.69) is 16.0 Å². The van der Waals surface area contributed by atoms with Crippen LogP contribution in [-0.4, -0.2) is 84.7 Å². The number of benzene rings is 5. The van der Waals surface area contributed by atoms with E-state index >= 15 is 0 Å². The summed E-state index contributed by atoms with van der Waals surface area (Å²) in [7, 11) is 0. The molecule has 5 aromatic rings. The van der Waals surface area contributed by atoms with E-state index in [0.717, 1.165) is 5.56 Å². The third-order valence-corrected chi connectivity index (χ3v) is 14.0. The zero-order chi connectivity index (χ0) is 56.4. The van der Waals surface area contributed by atoms with Gasteiger partial charge in [0.1, 0.15) is 18.8 Å². The number of nitrogens with one attached hydrogen (secondary N) is 3. The van der Waals surface area contributed by atoms with Gasteiger partial charge in [0.05, 0.1) is 70.8 Å². The van der Waals surface area contributed by atoms with Crippen LogP contribution in [0, 0.1) is 0 Å². The number of ether oxygens (including phenoxy) is 5. The molecule has 0 aliphatic carbocycles. The number of hydrogen-bond acceptors (Lipinski definition) is 9. The fourth-order valence-corrected chi connectivity index (χ4v) is 9.85. The normalized spacial score (nSPS) is 23.1. The Kier molecular flexibility index (Phi) is 20.8. The monoisotopic (exact) mass is 1250 g/mol. The minimum absolute atomic E-state index is 0. The van der Waals surface area contributed by atoms with Gasteiger partial charge in [0.25, 0.3) is 0 Å². The molecule has 0 bridgehead atoms. The second-order valence-corrected chi connectivity index (χ2v) is 19.3. The number of alkyl carbamates (subject to hydrolysis) is 2. The van der Waals surface area contributed by atoms with Gasteiger partial charge in [0, 0.05) is 47.8 Å². The number of hydrogen-bond donors (Lipinski definition) is 3. The Balaban J connectivity index is 0.000000346. The smallest absolute Gasteiger partial charge is 0.416 e. The van der Waals surface area contributed by atoms with Crippen molar-refractivity contribution in [1.82, 2.24) is 20.9 Å². The van der Waals surface area contributed by atoms with Gasteiger partial charge in [0.2, 0.25) is 0 Å². The molecule has 3 amide bonds. The van der Waals surface area contributed by atoms with Crippen LogP contribution in [0.5, 0.6) is 0 Å². The summed E-state index contributed by atoms with van der Waals surface area (Å²) in [6.45, 7) is 2.52. The Morgan fingerprint density at radius 1 is 0.605 bits per heavy atom. The maximum Gasteiger partial charge on any atom is 0.416 e. The van der Waals surface area contributed by atoms with Gasteiger partial charge in [0.15, 0.2) is 0 Å². The van der Waals surface area contributed by atoms with Crippen molar-refractivity contribution in [2.45, 2.75) is 106 Å². The first-order valence-corrected chi connectivity index (χ1v) is 24.2. The van der Waals surface area contributed by atoms with E-state index in [-0.39, 0.29) is 94.9 Å². The molecule has 8 atom stereocenters. The second-order valence-electron chi connectivity index (χ2n) is 19.3. The van der Waals surface area contributed by atoms with Gasteiger partial charge >= 0.3 is 43.0 Å². The molecule has 2 unspecified atom stereocenters. The van der Waals surface area contributed by atoms with Crippen molar-refractivity contribution in [2.24, 2.45) is 0 Å². The quantitative estimate of drug-likeness (QED) is 0.0618. The number of nitrogens with zero attached hydrogens (tertiary/aromatic N) is 1. The molecule has 7 N–H and O–H groups in total. The topological polar surface area (TPSA) is 200 Å². The van der Waals surface area contributed by atoms with Crippen molar-refractivity contribution in [3.05, 3.63) is 177 Å². The fourth-order valence-electron chi connectivity index (χ4n) is 9.85. The SMILES string of the molecule is C[C@@H](OC[C@@]1(c2ccccc2)C[C@H]2OC(=O)NC2CN1)c1cc(C(F)(F)F)cc(C(F)(F)F)c1.C[C@@H](OC[C@@]1(c2ccccc2)C[C@H]2OC(=O)NC2CN1C(=O)OCc1ccccc1)c1cc(C(F)(F)F)cc(C(F)(F)F)c1.O.O.[HH].[Pd]. The van der Waals surface area contributed by atoms with Crippen LogP contribution in [0.2, 0.25) is 0 Å². The van der Waals surface area contributed by atoms with Crippen LogP contribution in [0.15, 0.2) is 127 Å². The summed E-state index contributed by atoms with van der Waals surface area (Å²) >= 11 is 0. The van der Waals surface area contributed by atoms with E-state index in [1.807, 2.05) is 18.2 Å². The molecule has 4 fully saturated rings. The number of rotatable bonds is 12. The standard InChI is InChI=1S/C31H28F6N2O5.C23H22F6N2O3.2H2O.Pd.H2/c1-19(21-12-23(30(32,33)34)14-24(13-21)31(35,36)37)43-18-29(22-10-6-3-7-11-22)15-26-25(38-27(40)44-26)16-39(29)28(41)42-17-20-8-4-2-5-9-20;1-13(14-7-16(22(24,25)26)9-17(8-14)23(27,28)29)33-12-21(15-5-3-2-4-6-15)10-19-18(11-30-21)31-20(32)34-19;;;;/h2-14,19,25-26H,15-18H2,1H3,(H,38,40);2-9,13,18-19,30H,10-12H2,1H3,(H,31,32);2*1H2;;1H/t19-,25?,26-,29-;13-,18?,19-,21-;;;;/m11..../s1. The van der Waals surface area contributed by atoms with Gasteiger partial charge in [-0.05, 0) is 78.1 Å². The molecule has 0 aromatic heterocycles. The molecule has 5 aromatic carbocycles. The number of fused-ring (bicyclic) bond motifs is 2. The van der Waals surface area contributed by atoms with E-state index in [9.17, 15) is 67.1 Å². The number of likely N-dealkylation sites (tertiary alicyclic amines) is 1. The van der Waals surface area contributed by atoms with E-state index in [1.54, 1.807) is 72.8 Å². The molecule has 446 valence electrons. The summed E-state index contributed by atoms with van der Waals surface area (Å²) in [6.07, 6.45) is -25.1. The Morgan fingerprint density at radius 3 is 1.47 bits per heavy atom. The van der Waals surface area contributed by atoms with Gasteiger partial charge in [-0.1, -0.05) is 91.0 Å². The van der Waals surface area contributed by atoms with Crippen LogP contribution in [0.4, 0.5) is 67.1 Å². The average molecular weight is 1260 g/mol. The minimum Gasteiger partial charge on any atom is -0.445 e. The maximum atomic E-state index is 13.7. The first kappa shape index (κ1) is 65.3. The van der Waals surface area contributed by atoms with Crippen molar-refractivity contribution in [3.8, 4) is 0 Å². The van der Waals surface area contributed by atoms with Crippen LogP contribution in [0.1, 0.15) is 90.4 Å². The Morgan fingerprint density at radius 2 is 1.01 bits per heavy atom. The predicted octanol–water partition coefficient (Wildman–Crippen LogP) is 11.0. The number of piperidine rings is 2. The number of halogens is 12. The first-order chi connectivity index (χ1) is 36.6. The largest absolute Gasteiger partial charge is 0.445 e. The van der Waals surface area contributed by atoms with Gasteiger partial charge in [-0.3, -0.25) is 4.90 Å². The van der Waals surface area contributed by atoms with Crippen molar-refractivity contribution >= 4 is 18.3 Å². The van der Waals surface area contributed by atoms with Crippen LogP contribution in [0.3, 0.4) is 0 Å². The number of carbonyl (C=O) groups excluding carboxylic acids is 3. The van der Waals surface area contributed by atoms with Crippen LogP contribution in [0.25, 0.3) is 0 Å². The molecule has 9 rings (SSSR count). The summed E-state index contributed by atoms with van der Waals surface area (Å²) in [5.74, 6) is 0. The molecule has 0 spiro atoms. The Bertz CT molecular complexity index is 2870. The van der Waals surface area contributed by atoms with E-state index in [0.29, 0.717) is 48.4 Å². The summed E-state index contributed by atoms with van der Waals surface area (Å²) in [5, 5.41) is 8.71. The number of carbonyl (C=O) groups is 3. The van der Waals surface area contributed by atoms with Gasteiger partial charge in [-0.25, -0.2) is 14.4 Å². The molecular formula is C54H56F12N4O10Pd. The minimum atomic E-state index is -5.03. The van der Waals surface area contributed by atoms with Crippen molar-refractivity contribution in [1.29, 1.82) is 0 Å². The van der Waals surface area contributed by atoms with E-state index in [1.165, 1.54) is 18.7 Å². The Hall–Kier alpha value is -6.47. The summed E-state index contributed by atoms with van der Waals surface area (Å²) in [4.78, 5) is 38.9. The molecule has 4 heterocycles. The van der Waals surface area contributed by atoms with E-state index < -0.39 is 107 Å². The van der Waals surface area contributed by atoms with Crippen molar-refractivity contribution in [3.63, 3.8) is 0 Å². The summed E-state index contributed by atoms with van der Waals surface area (Å²) in [5.41, 5.74) is -6.49. The van der Waals surface area contributed by atoms with Crippen LogP contribution in [-0.2, 0) is 86.5 Å². The number of alkyl halides is 12. The molecule has 0 radical (unpaired) electrons. The van der Waals surface area contributed by atoms with E-state index in [4.69, 9.17) is 23.7 Å². The molecule has 14 nitrogen and oxygen atoms in total. The molecule has 27 heteroatoms. The molecule has 4 saturated heterocycles. The fraction of sp³-hybridized carbons (Fsp3) is 0.389. The van der Waals surface area contributed by atoms with Crippen molar-refractivity contribution in [2.75, 3.05) is 26.3 Å². The zero-order valence-corrected chi connectivity index (χ0v) is 44.2. The third-order valence-electron chi connectivity index (χ3n) is 14.0.